The Hall–Kier alpha value is -0.650. The van der Waals surface area contributed by atoms with Gasteiger partial charge in [-0.15, -0.1) is 0 Å². The Balaban J connectivity index is 0.000000143. The molecule has 0 aromatic heterocycles. The van der Waals surface area contributed by atoms with Gasteiger partial charge in [-0.2, -0.15) is 0 Å². The van der Waals surface area contributed by atoms with Crippen molar-refractivity contribution in [2.45, 2.75) is 70.6 Å². The summed E-state index contributed by atoms with van der Waals surface area (Å²) in [6, 6.07) is 0.822. The zero-order chi connectivity index (χ0) is 16.8. The largest absolute Gasteiger partial charge is 0.368 e. The molecule has 1 saturated carbocycles. The molecule has 5 nitrogen and oxygen atoms in total. The van der Waals surface area contributed by atoms with Crippen LogP contribution < -0.4 is 0 Å². The predicted octanol–water partition coefficient (Wildman–Crippen LogP) is 2.49. The van der Waals surface area contributed by atoms with Crippen LogP contribution in [-0.4, -0.2) is 72.4 Å². The van der Waals surface area contributed by atoms with Crippen molar-refractivity contribution < 1.29 is 9.84 Å². The molecular weight excluding hydrogens is 302 g/mol. The number of aliphatic hydroxyl groups excluding tert-OH is 1. The Labute approximate surface area is 147 Å². The standard InChI is InChI=1S/C10H19NO2.C9H16N2/c1-8(12)13-5-4-11-7-9-2-3-10(11)6-9;1-2-5-9-10-6-4-8-11(9)7-3-1/h8-10,12H,2-7H2,1H3;1-8H2. The molecule has 138 valence electrons. The maximum atomic E-state index is 8.92. The zero-order valence-electron chi connectivity index (χ0n) is 15.3. The fourth-order valence-corrected chi connectivity index (χ4v) is 4.58. The lowest BCUT2D eigenvalue weighted by atomic mass is 10.1. The van der Waals surface area contributed by atoms with E-state index in [0.717, 1.165) is 25.0 Å². The van der Waals surface area contributed by atoms with E-state index in [9.17, 15) is 0 Å². The van der Waals surface area contributed by atoms with E-state index in [4.69, 9.17) is 9.84 Å². The third kappa shape index (κ3) is 5.17. The van der Waals surface area contributed by atoms with Crippen molar-refractivity contribution in [3.63, 3.8) is 0 Å². The van der Waals surface area contributed by atoms with Crippen molar-refractivity contribution in [1.29, 1.82) is 0 Å². The minimum Gasteiger partial charge on any atom is -0.368 e. The van der Waals surface area contributed by atoms with Crippen molar-refractivity contribution >= 4 is 5.84 Å². The number of hydrogen-bond acceptors (Lipinski definition) is 5. The summed E-state index contributed by atoms with van der Waals surface area (Å²) in [4.78, 5) is 9.55. The van der Waals surface area contributed by atoms with Crippen LogP contribution in [0.15, 0.2) is 4.99 Å². The molecule has 3 aliphatic heterocycles. The number of nitrogens with zero attached hydrogens (tertiary/aromatic N) is 3. The molecule has 24 heavy (non-hydrogen) atoms. The first kappa shape index (κ1) is 18.2. The molecule has 4 aliphatic rings. The van der Waals surface area contributed by atoms with Gasteiger partial charge in [0.05, 0.1) is 12.4 Å². The van der Waals surface area contributed by atoms with Gasteiger partial charge in [-0.25, -0.2) is 0 Å². The van der Waals surface area contributed by atoms with Gasteiger partial charge in [0.25, 0.3) is 0 Å². The van der Waals surface area contributed by atoms with Crippen LogP contribution in [0, 0.1) is 5.92 Å². The molecule has 1 aliphatic carbocycles. The molecule has 2 saturated heterocycles. The highest BCUT2D eigenvalue weighted by Crippen LogP contribution is 2.36. The lowest BCUT2D eigenvalue weighted by Crippen LogP contribution is -2.35. The monoisotopic (exact) mass is 337 g/mol. The maximum Gasteiger partial charge on any atom is 0.151 e. The van der Waals surface area contributed by atoms with E-state index < -0.39 is 6.29 Å². The van der Waals surface area contributed by atoms with E-state index in [0.29, 0.717) is 6.61 Å². The Kier molecular flexibility index (Phi) is 6.93. The first-order chi connectivity index (χ1) is 11.7. The first-order valence-electron chi connectivity index (χ1n) is 10.0. The van der Waals surface area contributed by atoms with Gasteiger partial charge in [0.15, 0.2) is 6.29 Å². The number of piperidine rings is 1. The SMILES string of the molecule is C1CCC2=NCCCN2CC1.CC(O)OCCN1CC2CCC1C2. The Morgan fingerprint density at radius 3 is 2.83 bits per heavy atom. The molecule has 2 bridgehead atoms. The number of ether oxygens (including phenoxy) is 1. The highest BCUT2D eigenvalue weighted by atomic mass is 16.6. The molecule has 0 amide bonds. The summed E-state index contributed by atoms with van der Waals surface area (Å²) in [5.41, 5.74) is 0. The van der Waals surface area contributed by atoms with E-state index in [1.54, 1.807) is 6.92 Å². The molecule has 1 N–H and O–H groups in total. The van der Waals surface area contributed by atoms with Crippen LogP contribution in [0.1, 0.15) is 58.3 Å². The molecule has 0 radical (unpaired) electrons. The van der Waals surface area contributed by atoms with E-state index in [2.05, 4.69) is 14.8 Å². The van der Waals surface area contributed by atoms with Gasteiger partial charge < -0.3 is 14.7 Å². The van der Waals surface area contributed by atoms with Crippen LogP contribution >= 0.6 is 0 Å². The molecule has 3 heterocycles. The van der Waals surface area contributed by atoms with Crippen LogP contribution in [0.5, 0.6) is 0 Å². The van der Waals surface area contributed by atoms with E-state index in [1.807, 2.05) is 0 Å². The molecule has 3 fully saturated rings. The number of fused-ring (bicyclic) bond motifs is 3. The minimum absolute atomic E-state index is 0.611. The molecular formula is C19H35N3O2. The number of hydrogen-bond donors (Lipinski definition) is 1. The maximum absolute atomic E-state index is 8.92. The second-order valence-corrected chi connectivity index (χ2v) is 7.75. The smallest absolute Gasteiger partial charge is 0.151 e. The summed E-state index contributed by atoms with van der Waals surface area (Å²) in [7, 11) is 0. The molecule has 4 rings (SSSR count). The average molecular weight is 338 g/mol. The number of likely N-dealkylation sites (tertiary alicyclic amines) is 1. The zero-order valence-corrected chi connectivity index (χ0v) is 15.3. The summed E-state index contributed by atoms with van der Waals surface area (Å²) < 4.78 is 5.13. The molecule has 3 atom stereocenters. The van der Waals surface area contributed by atoms with Crippen molar-refractivity contribution in [2.24, 2.45) is 10.9 Å². The van der Waals surface area contributed by atoms with Gasteiger partial charge in [0, 0.05) is 45.2 Å². The first-order valence-corrected chi connectivity index (χ1v) is 10.0. The van der Waals surface area contributed by atoms with E-state index in [1.165, 1.54) is 76.8 Å². The number of amidine groups is 1. The Bertz CT molecular complexity index is 413. The molecule has 0 aromatic rings. The van der Waals surface area contributed by atoms with Gasteiger partial charge in [0.1, 0.15) is 0 Å². The Morgan fingerprint density at radius 1 is 1.21 bits per heavy atom. The van der Waals surface area contributed by atoms with Gasteiger partial charge >= 0.3 is 0 Å². The molecule has 0 aromatic carbocycles. The van der Waals surface area contributed by atoms with Crippen LogP contribution in [0.3, 0.4) is 0 Å². The summed E-state index contributed by atoms with van der Waals surface area (Å²) in [5, 5.41) is 8.92. The van der Waals surface area contributed by atoms with Gasteiger partial charge in [0.2, 0.25) is 0 Å². The normalized spacial score (nSPS) is 30.9. The topological polar surface area (TPSA) is 48.3 Å². The second-order valence-electron chi connectivity index (χ2n) is 7.75. The van der Waals surface area contributed by atoms with Crippen LogP contribution in [0.4, 0.5) is 0 Å². The van der Waals surface area contributed by atoms with Crippen molar-refractivity contribution in [3.8, 4) is 0 Å². The predicted molar refractivity (Wildman–Crippen MR) is 97.3 cm³/mol. The van der Waals surface area contributed by atoms with Crippen molar-refractivity contribution in [3.05, 3.63) is 0 Å². The Morgan fingerprint density at radius 2 is 2.08 bits per heavy atom. The lowest BCUT2D eigenvalue weighted by molar-refractivity contribution is -0.0904. The quantitative estimate of drug-likeness (QED) is 0.801. The van der Waals surface area contributed by atoms with Crippen LogP contribution in [0.25, 0.3) is 0 Å². The fourth-order valence-electron chi connectivity index (χ4n) is 4.58. The van der Waals surface area contributed by atoms with Gasteiger partial charge in [-0.1, -0.05) is 6.42 Å². The van der Waals surface area contributed by atoms with Crippen LogP contribution in [-0.2, 0) is 4.74 Å². The average Bonchev–Trinajstić information content (AvgIpc) is 3.11. The van der Waals surface area contributed by atoms with Crippen molar-refractivity contribution in [1.82, 2.24) is 9.80 Å². The molecule has 3 unspecified atom stereocenters. The van der Waals surface area contributed by atoms with Crippen LogP contribution in [0.2, 0.25) is 0 Å². The molecule has 5 heteroatoms. The lowest BCUT2D eigenvalue weighted by Gasteiger charge is -2.27. The van der Waals surface area contributed by atoms with Gasteiger partial charge in [-0.05, 0) is 51.4 Å². The molecule has 0 spiro atoms. The number of aliphatic hydroxyl groups is 1. The highest BCUT2D eigenvalue weighted by molar-refractivity contribution is 5.83. The second kappa shape index (κ2) is 9.16. The fraction of sp³-hybridized carbons (Fsp3) is 0.947. The summed E-state index contributed by atoms with van der Waals surface area (Å²) in [6.45, 7) is 8.18. The third-order valence-corrected chi connectivity index (χ3v) is 5.83. The van der Waals surface area contributed by atoms with Gasteiger partial charge in [-0.3, -0.25) is 9.89 Å². The van der Waals surface area contributed by atoms with E-state index in [-0.39, 0.29) is 0 Å². The summed E-state index contributed by atoms with van der Waals surface area (Å²) in [5.74, 6) is 2.35. The van der Waals surface area contributed by atoms with E-state index >= 15 is 0 Å². The minimum atomic E-state index is -0.611. The highest BCUT2D eigenvalue weighted by Gasteiger charge is 2.37. The third-order valence-electron chi connectivity index (χ3n) is 5.83. The summed E-state index contributed by atoms with van der Waals surface area (Å²) >= 11 is 0. The number of aliphatic imine (C=N–C) groups is 1. The number of rotatable bonds is 4. The summed E-state index contributed by atoms with van der Waals surface area (Å²) in [6.07, 6.45) is 10.2. The van der Waals surface area contributed by atoms with Crippen molar-refractivity contribution in [2.75, 3.05) is 39.3 Å².